The van der Waals surface area contributed by atoms with Gasteiger partial charge in [0.1, 0.15) is 0 Å². The van der Waals surface area contributed by atoms with Crippen LogP contribution in [0.2, 0.25) is 0 Å². The molecule has 0 heterocycles. The van der Waals surface area contributed by atoms with E-state index < -0.39 is 74.2 Å². The maximum Gasteiger partial charge on any atom is 0.417 e. The number of nitrogen functional groups attached to an aromatic ring is 1. The van der Waals surface area contributed by atoms with Gasteiger partial charge in [0.15, 0.2) is 0 Å². The molecule has 1 nitrogen and oxygen atoms in total. The smallest absolute Gasteiger partial charge is 0.399 e. The maximum absolute atomic E-state index is 13.2. The van der Waals surface area contributed by atoms with Gasteiger partial charge in [0, 0.05) is 15.5 Å². The highest BCUT2D eigenvalue weighted by Crippen LogP contribution is 2.48. The summed E-state index contributed by atoms with van der Waals surface area (Å²) in [5.74, 6) is 0. The van der Waals surface area contributed by atoms with Gasteiger partial charge in [-0.3, -0.25) is 0 Å². The summed E-state index contributed by atoms with van der Waals surface area (Å²) in [6, 6.07) is -0.0404. The highest BCUT2D eigenvalue weighted by molar-refractivity contribution is 7.99. The molecule has 0 aliphatic heterocycles. The van der Waals surface area contributed by atoms with Crippen molar-refractivity contribution in [1.29, 1.82) is 0 Å². The predicted octanol–water partition coefficient (Wildman–Crippen LogP) is 7.50. The lowest BCUT2D eigenvalue weighted by atomic mass is 10.1. The fourth-order valence-electron chi connectivity index (χ4n) is 2.29. The van der Waals surface area contributed by atoms with Crippen molar-refractivity contribution in [3.05, 3.63) is 52.6 Å². The first kappa shape index (κ1) is 24.0. The number of nitrogens with two attached hydrogens (primary N) is 1. The molecule has 30 heavy (non-hydrogen) atoms. The zero-order valence-corrected chi connectivity index (χ0v) is 14.7. The largest absolute Gasteiger partial charge is 0.417 e. The third kappa shape index (κ3) is 5.46. The summed E-state index contributed by atoms with van der Waals surface area (Å²) in [6.45, 7) is 0. The van der Waals surface area contributed by atoms with Crippen LogP contribution in [0.5, 0.6) is 0 Å². The minimum Gasteiger partial charge on any atom is -0.399 e. The van der Waals surface area contributed by atoms with Crippen molar-refractivity contribution in [2.75, 3.05) is 5.73 Å². The summed E-state index contributed by atoms with van der Waals surface area (Å²) >= 11 is -0.532. The third-order valence-electron chi connectivity index (χ3n) is 3.50. The molecule has 0 aliphatic rings. The second-order valence-corrected chi connectivity index (χ2v) is 6.87. The van der Waals surface area contributed by atoms with Gasteiger partial charge in [-0.1, -0.05) is 11.8 Å². The lowest BCUT2D eigenvalue weighted by molar-refractivity contribution is -0.147. The van der Waals surface area contributed by atoms with E-state index in [0.29, 0.717) is 0 Å². The van der Waals surface area contributed by atoms with Gasteiger partial charge in [0.2, 0.25) is 0 Å². The number of hydrogen-bond donors (Lipinski definition) is 1. The van der Waals surface area contributed by atoms with E-state index in [1.807, 2.05) is 0 Å². The molecule has 166 valence electrons. The number of hydrogen-bond acceptors (Lipinski definition) is 2. The Morgan fingerprint density at radius 3 is 1.20 bits per heavy atom. The summed E-state index contributed by atoms with van der Waals surface area (Å²) in [6.07, 6.45) is -21.5. The van der Waals surface area contributed by atoms with Crippen molar-refractivity contribution >= 4 is 17.4 Å². The van der Waals surface area contributed by atoms with Crippen LogP contribution < -0.4 is 5.73 Å². The fraction of sp³-hybridized carbons (Fsp3) is 0.250. The monoisotopic (exact) mass is 473 g/mol. The first-order valence-corrected chi connectivity index (χ1v) is 8.17. The molecular formula is C16H7F12NS. The van der Waals surface area contributed by atoms with E-state index in [4.69, 9.17) is 5.73 Å². The van der Waals surface area contributed by atoms with Crippen LogP contribution in [0.4, 0.5) is 58.4 Å². The van der Waals surface area contributed by atoms with Crippen molar-refractivity contribution in [2.24, 2.45) is 0 Å². The van der Waals surface area contributed by atoms with Crippen molar-refractivity contribution < 1.29 is 52.7 Å². The van der Waals surface area contributed by atoms with E-state index in [1.165, 1.54) is 0 Å². The Kier molecular flexibility index (Phi) is 5.98. The van der Waals surface area contributed by atoms with Crippen LogP contribution in [0.25, 0.3) is 0 Å². The average molecular weight is 473 g/mol. The third-order valence-corrected chi connectivity index (χ3v) is 4.62. The van der Waals surface area contributed by atoms with Crippen LogP contribution in [-0.4, -0.2) is 0 Å². The number of alkyl halides is 12. The Hall–Kier alpha value is -2.25. The molecule has 0 spiro atoms. The van der Waals surface area contributed by atoms with Gasteiger partial charge in [-0.25, -0.2) is 0 Å². The number of benzene rings is 2. The van der Waals surface area contributed by atoms with Crippen LogP contribution in [0.15, 0.2) is 40.1 Å². The molecule has 2 rings (SSSR count). The predicted molar refractivity (Wildman–Crippen MR) is 81.4 cm³/mol. The molecule has 0 unspecified atom stereocenters. The Labute approximate surface area is 163 Å². The minimum atomic E-state index is -5.42. The molecule has 2 aromatic carbocycles. The van der Waals surface area contributed by atoms with Crippen LogP contribution in [-0.2, 0) is 24.7 Å². The van der Waals surface area contributed by atoms with Crippen LogP contribution >= 0.6 is 11.8 Å². The molecule has 0 fully saturated rings. The lowest BCUT2D eigenvalue weighted by Crippen LogP contribution is -2.15. The van der Waals surface area contributed by atoms with E-state index in [1.54, 1.807) is 0 Å². The minimum absolute atomic E-state index is 0.0244. The van der Waals surface area contributed by atoms with E-state index in [-0.39, 0.29) is 30.3 Å². The molecule has 2 N–H and O–H groups in total. The summed E-state index contributed by atoms with van der Waals surface area (Å²) < 4.78 is 157. The average Bonchev–Trinajstić information content (AvgIpc) is 2.52. The van der Waals surface area contributed by atoms with E-state index >= 15 is 0 Å². The van der Waals surface area contributed by atoms with Gasteiger partial charge in [-0.2, -0.15) is 52.7 Å². The maximum atomic E-state index is 13.2. The standard InChI is InChI=1S/C16H7F12NS/c17-13(18,19)6-1-7(14(20,21)22)3-9(2-6)30-12-10(15(23,24)25)4-8(29)5-11(12)16(26,27)28/h1-5H,29H2. The summed E-state index contributed by atoms with van der Waals surface area (Å²) in [5.41, 5.74) is -3.56. The van der Waals surface area contributed by atoms with Crippen LogP contribution in [0.3, 0.4) is 0 Å². The topological polar surface area (TPSA) is 26.0 Å². The van der Waals surface area contributed by atoms with Crippen LogP contribution in [0.1, 0.15) is 22.3 Å². The molecule has 0 atom stereocenters. The van der Waals surface area contributed by atoms with Gasteiger partial charge < -0.3 is 5.73 Å². The number of halogens is 12. The van der Waals surface area contributed by atoms with Gasteiger partial charge >= 0.3 is 24.7 Å². The molecular weight excluding hydrogens is 466 g/mol. The SMILES string of the molecule is Nc1cc(C(F)(F)F)c(Sc2cc(C(F)(F)F)cc(C(F)(F)F)c2)c(C(F)(F)F)c1. The molecule has 0 amide bonds. The lowest BCUT2D eigenvalue weighted by Gasteiger charge is -2.20. The van der Waals surface area contributed by atoms with Crippen molar-refractivity contribution in [2.45, 2.75) is 34.5 Å². The highest BCUT2D eigenvalue weighted by atomic mass is 32.2. The summed E-state index contributed by atoms with van der Waals surface area (Å²) in [7, 11) is 0. The van der Waals surface area contributed by atoms with Crippen molar-refractivity contribution in [3.8, 4) is 0 Å². The molecule has 0 radical (unpaired) electrons. The Balaban J connectivity index is 2.79. The highest BCUT2D eigenvalue weighted by Gasteiger charge is 2.42. The zero-order valence-electron chi connectivity index (χ0n) is 13.9. The van der Waals surface area contributed by atoms with Gasteiger partial charge in [0.05, 0.1) is 22.3 Å². The molecule has 2 aromatic rings. The fourth-order valence-corrected chi connectivity index (χ4v) is 3.46. The molecule has 0 saturated carbocycles. The van der Waals surface area contributed by atoms with Crippen molar-refractivity contribution in [1.82, 2.24) is 0 Å². The van der Waals surface area contributed by atoms with Crippen LogP contribution in [0, 0.1) is 0 Å². The Morgan fingerprint density at radius 2 is 0.900 bits per heavy atom. The second-order valence-electron chi connectivity index (χ2n) is 5.78. The normalized spacial score (nSPS) is 13.6. The molecule has 0 aromatic heterocycles. The summed E-state index contributed by atoms with van der Waals surface area (Å²) in [4.78, 5) is -2.76. The van der Waals surface area contributed by atoms with Gasteiger partial charge in [-0.05, 0) is 30.3 Å². The van der Waals surface area contributed by atoms with Gasteiger partial charge in [-0.15, -0.1) is 0 Å². The molecule has 0 aliphatic carbocycles. The van der Waals surface area contributed by atoms with Crippen molar-refractivity contribution in [3.63, 3.8) is 0 Å². The molecule has 14 heteroatoms. The van der Waals surface area contributed by atoms with E-state index in [9.17, 15) is 52.7 Å². The first-order chi connectivity index (χ1) is 13.3. The quantitative estimate of drug-likeness (QED) is 0.361. The van der Waals surface area contributed by atoms with E-state index in [0.717, 1.165) is 0 Å². The summed E-state index contributed by atoms with van der Waals surface area (Å²) in [5, 5.41) is 0. The Morgan fingerprint density at radius 1 is 0.533 bits per heavy atom. The molecule has 0 saturated heterocycles. The number of anilines is 1. The zero-order chi connectivity index (χ0) is 23.3. The Bertz CT molecular complexity index is 870. The number of rotatable bonds is 2. The van der Waals surface area contributed by atoms with Gasteiger partial charge in [0.25, 0.3) is 0 Å². The second kappa shape index (κ2) is 7.46. The first-order valence-electron chi connectivity index (χ1n) is 7.35. The van der Waals surface area contributed by atoms with E-state index in [2.05, 4.69) is 0 Å². The molecule has 0 bridgehead atoms.